The van der Waals surface area contributed by atoms with Crippen LogP contribution in [0.2, 0.25) is 0 Å². The zero-order chi connectivity index (χ0) is 14.5. The van der Waals surface area contributed by atoms with Crippen molar-refractivity contribution >= 4 is 14.7 Å². The maximum absolute atomic E-state index is 11.5. The highest BCUT2D eigenvalue weighted by molar-refractivity contribution is 6.57. The molecule has 104 valence electrons. The van der Waals surface area contributed by atoms with E-state index in [0.29, 0.717) is 0 Å². The van der Waals surface area contributed by atoms with Gasteiger partial charge in [0.2, 0.25) is 0 Å². The van der Waals surface area contributed by atoms with Gasteiger partial charge in [-0.2, -0.15) is 0 Å². The minimum Gasteiger partial charge on any atom is -0.384 e. The molecule has 0 bridgehead atoms. The van der Waals surface area contributed by atoms with Crippen LogP contribution in [0.5, 0.6) is 0 Å². The van der Waals surface area contributed by atoms with Crippen LogP contribution in [0.1, 0.15) is 11.1 Å². The summed E-state index contributed by atoms with van der Waals surface area (Å²) in [5.74, 6) is 0. The van der Waals surface area contributed by atoms with E-state index in [1.165, 1.54) is 5.19 Å². The molecule has 1 nitrogen and oxygen atoms in total. The van der Waals surface area contributed by atoms with Gasteiger partial charge in [0.05, 0.1) is 0 Å². The molecule has 0 saturated heterocycles. The smallest absolute Gasteiger partial charge is 0.104 e. The Balaban J connectivity index is 2.07. The first kappa shape index (κ1) is 13.8. The number of hydrogen-bond acceptors (Lipinski definition) is 1. The molecule has 1 N–H and O–H groups in total. The first-order valence-electron chi connectivity index (χ1n) is 7.16. The SMILES string of the molecule is OC([SiH2]c1ccccc1)(c1ccccc1)c1ccccc1. The van der Waals surface area contributed by atoms with Crippen molar-refractivity contribution in [3.63, 3.8) is 0 Å². The number of rotatable bonds is 4. The maximum atomic E-state index is 11.5. The van der Waals surface area contributed by atoms with Gasteiger partial charge in [-0.25, -0.2) is 0 Å². The normalized spacial score (nSPS) is 11.9. The molecule has 0 heterocycles. The zero-order valence-electron chi connectivity index (χ0n) is 11.8. The van der Waals surface area contributed by atoms with Crippen molar-refractivity contribution < 1.29 is 5.11 Å². The van der Waals surface area contributed by atoms with Crippen LogP contribution in [0, 0.1) is 0 Å². The minimum atomic E-state index is -0.935. The van der Waals surface area contributed by atoms with Gasteiger partial charge in [0.1, 0.15) is 14.7 Å². The van der Waals surface area contributed by atoms with Crippen molar-refractivity contribution in [3.8, 4) is 0 Å². The lowest BCUT2D eigenvalue weighted by Crippen LogP contribution is -2.40. The summed E-state index contributed by atoms with van der Waals surface area (Å²) in [7, 11) is -0.935. The van der Waals surface area contributed by atoms with E-state index in [4.69, 9.17) is 0 Å². The van der Waals surface area contributed by atoms with Gasteiger partial charge in [-0.15, -0.1) is 0 Å². The van der Waals surface area contributed by atoms with Crippen LogP contribution in [0.15, 0.2) is 91.0 Å². The Kier molecular flexibility index (Phi) is 4.00. The van der Waals surface area contributed by atoms with Gasteiger partial charge < -0.3 is 5.11 Å². The Bertz CT molecular complexity index is 641. The molecule has 0 fully saturated rings. The van der Waals surface area contributed by atoms with Crippen molar-refractivity contribution in [1.29, 1.82) is 0 Å². The van der Waals surface area contributed by atoms with Crippen LogP contribution in [-0.2, 0) is 5.22 Å². The van der Waals surface area contributed by atoms with Gasteiger partial charge in [-0.05, 0) is 11.1 Å². The number of hydrogen-bond donors (Lipinski definition) is 1. The average molecular weight is 290 g/mol. The summed E-state index contributed by atoms with van der Waals surface area (Å²) in [6.07, 6.45) is 0. The van der Waals surface area contributed by atoms with Crippen molar-refractivity contribution in [2.75, 3.05) is 0 Å². The van der Waals surface area contributed by atoms with Crippen LogP contribution >= 0.6 is 0 Å². The maximum Gasteiger partial charge on any atom is 0.104 e. The molecule has 3 aromatic rings. The third kappa shape index (κ3) is 2.97. The topological polar surface area (TPSA) is 20.2 Å². The summed E-state index contributed by atoms with van der Waals surface area (Å²) in [6.45, 7) is 0. The Labute approximate surface area is 127 Å². The van der Waals surface area contributed by atoms with E-state index in [0.717, 1.165) is 11.1 Å². The molecule has 0 saturated carbocycles. The van der Waals surface area contributed by atoms with E-state index in [2.05, 4.69) is 12.1 Å². The minimum absolute atomic E-state index is 0.871. The lowest BCUT2D eigenvalue weighted by atomic mass is 10.0. The van der Waals surface area contributed by atoms with Crippen LogP contribution in [0.3, 0.4) is 0 Å². The molecule has 0 amide bonds. The second-order valence-corrected chi connectivity index (χ2v) is 7.45. The van der Waals surface area contributed by atoms with E-state index >= 15 is 0 Å². The Hall–Kier alpha value is -2.16. The monoisotopic (exact) mass is 290 g/mol. The number of benzene rings is 3. The predicted molar refractivity (Wildman–Crippen MR) is 90.5 cm³/mol. The highest BCUT2D eigenvalue weighted by Crippen LogP contribution is 2.28. The second-order valence-electron chi connectivity index (χ2n) is 5.25. The van der Waals surface area contributed by atoms with Gasteiger partial charge >= 0.3 is 0 Å². The van der Waals surface area contributed by atoms with Crippen LogP contribution in [-0.4, -0.2) is 14.6 Å². The molecule has 0 aliphatic heterocycles. The van der Waals surface area contributed by atoms with Crippen molar-refractivity contribution in [3.05, 3.63) is 102 Å². The van der Waals surface area contributed by atoms with E-state index in [-0.39, 0.29) is 0 Å². The summed E-state index contributed by atoms with van der Waals surface area (Å²) in [6, 6.07) is 30.3. The van der Waals surface area contributed by atoms with Crippen molar-refractivity contribution in [1.82, 2.24) is 0 Å². The summed E-state index contributed by atoms with van der Waals surface area (Å²) in [5.41, 5.74) is 1.96. The van der Waals surface area contributed by atoms with E-state index in [9.17, 15) is 5.11 Å². The van der Waals surface area contributed by atoms with Crippen LogP contribution in [0.4, 0.5) is 0 Å². The molecule has 0 aliphatic rings. The Morgan fingerprint density at radius 1 is 0.571 bits per heavy atom. The van der Waals surface area contributed by atoms with Gasteiger partial charge in [-0.1, -0.05) is 96.2 Å². The molecule has 21 heavy (non-hydrogen) atoms. The van der Waals surface area contributed by atoms with E-state index < -0.39 is 14.7 Å². The predicted octanol–water partition coefficient (Wildman–Crippen LogP) is 2.37. The summed E-state index contributed by atoms with van der Waals surface area (Å²) in [5, 5.41) is 11.9. The standard InChI is InChI=1S/C19H18OSi/c20-19(16-10-4-1-5-11-16,17-12-6-2-7-13-17)21-18-14-8-3-9-15-18/h1-15,20H,21H2. The van der Waals surface area contributed by atoms with Gasteiger partial charge in [0.15, 0.2) is 0 Å². The molecule has 0 atom stereocenters. The van der Waals surface area contributed by atoms with Crippen LogP contribution < -0.4 is 5.19 Å². The fraction of sp³-hybridized carbons (Fsp3) is 0.0526. The van der Waals surface area contributed by atoms with Crippen molar-refractivity contribution in [2.45, 2.75) is 5.22 Å². The zero-order valence-corrected chi connectivity index (χ0v) is 13.2. The number of aliphatic hydroxyl groups is 1. The Morgan fingerprint density at radius 3 is 1.38 bits per heavy atom. The molecule has 0 radical (unpaired) electrons. The average Bonchev–Trinajstić information content (AvgIpc) is 2.57. The molecular weight excluding hydrogens is 272 g/mol. The highest BCUT2D eigenvalue weighted by Gasteiger charge is 2.31. The van der Waals surface area contributed by atoms with E-state index in [1.54, 1.807) is 0 Å². The van der Waals surface area contributed by atoms with Gasteiger partial charge in [-0.3, -0.25) is 0 Å². The molecule has 2 heteroatoms. The molecule has 0 unspecified atom stereocenters. The summed E-state index contributed by atoms with van der Waals surface area (Å²) < 4.78 is 0. The lowest BCUT2D eigenvalue weighted by Gasteiger charge is -2.29. The Morgan fingerprint density at radius 2 is 0.952 bits per heavy atom. The quantitative estimate of drug-likeness (QED) is 0.732. The van der Waals surface area contributed by atoms with E-state index in [1.807, 2.05) is 78.9 Å². The lowest BCUT2D eigenvalue weighted by molar-refractivity contribution is 0.169. The third-order valence-electron chi connectivity index (χ3n) is 3.81. The van der Waals surface area contributed by atoms with Crippen molar-refractivity contribution in [2.24, 2.45) is 0 Å². The molecule has 0 spiro atoms. The fourth-order valence-electron chi connectivity index (χ4n) is 2.69. The molecule has 0 aromatic heterocycles. The fourth-order valence-corrected chi connectivity index (χ4v) is 4.67. The summed E-state index contributed by atoms with van der Waals surface area (Å²) >= 11 is 0. The van der Waals surface area contributed by atoms with Gasteiger partial charge in [0.25, 0.3) is 0 Å². The summed E-state index contributed by atoms with van der Waals surface area (Å²) in [4.78, 5) is 0. The first-order chi connectivity index (χ1) is 10.3. The molecule has 0 aliphatic carbocycles. The highest BCUT2D eigenvalue weighted by atomic mass is 28.2. The largest absolute Gasteiger partial charge is 0.384 e. The van der Waals surface area contributed by atoms with Crippen LogP contribution in [0.25, 0.3) is 0 Å². The molecule has 3 aromatic carbocycles. The second kappa shape index (κ2) is 6.08. The van der Waals surface area contributed by atoms with Gasteiger partial charge in [0, 0.05) is 0 Å². The third-order valence-corrected chi connectivity index (χ3v) is 6.01. The molecular formula is C19H18OSi. The first-order valence-corrected chi connectivity index (χ1v) is 8.58. The molecule has 3 rings (SSSR count).